The van der Waals surface area contributed by atoms with Crippen LogP contribution >= 0.6 is 11.6 Å². The minimum absolute atomic E-state index is 1.22. The van der Waals surface area contributed by atoms with Crippen LogP contribution in [0.25, 0.3) is 0 Å². The minimum atomic E-state index is 1.22. The van der Waals surface area contributed by atoms with Crippen molar-refractivity contribution in [3.05, 3.63) is 0 Å². The Morgan fingerprint density at radius 3 is 2.17 bits per heavy atom. The molecule has 0 N–H and O–H groups in total. The van der Waals surface area contributed by atoms with Crippen LogP contribution in [0, 0.1) is 0 Å². The maximum absolute atomic E-state index is 5.06. The van der Waals surface area contributed by atoms with E-state index in [4.69, 9.17) is 11.6 Å². The predicted molar refractivity (Wildman–Crippen MR) is 28.0 cm³/mol. The average Bonchev–Trinajstić information content (AvgIpc) is 1.35. The molecule has 0 radical (unpaired) electrons. The molecular weight excluding hydrogens is 99.5 g/mol. The van der Waals surface area contributed by atoms with Gasteiger partial charge in [0, 0.05) is 14.1 Å². The van der Waals surface area contributed by atoms with Gasteiger partial charge in [-0.05, 0) is 0 Å². The first-order valence-electron chi connectivity index (χ1n) is 1.57. The molecule has 0 rings (SSSR count). The van der Waals surface area contributed by atoms with Gasteiger partial charge in [-0.3, -0.25) is 0 Å². The Kier molecular flexibility index (Phi) is 2.85. The van der Waals surface area contributed by atoms with Gasteiger partial charge in [-0.15, -0.1) is 0 Å². The Morgan fingerprint density at radius 1 is 1.67 bits per heavy atom. The van der Waals surface area contributed by atoms with Gasteiger partial charge in [-0.25, -0.2) is 0 Å². The molecule has 0 fully saturated rings. The number of halogens is 1. The largest absolute Gasteiger partial charge is 0.302 e. The van der Waals surface area contributed by atoms with Crippen molar-refractivity contribution in [3.63, 3.8) is 0 Å². The SMILES string of the molecule is CN(C)N=CCl. The standard InChI is InChI=1S/C3H7ClN2/c1-6(2)5-3-4/h3H,1-2H3. The van der Waals surface area contributed by atoms with E-state index in [0.717, 1.165) is 0 Å². The van der Waals surface area contributed by atoms with Crippen molar-refractivity contribution >= 4 is 17.3 Å². The molecule has 0 saturated carbocycles. The Labute approximate surface area is 42.4 Å². The Morgan fingerprint density at radius 2 is 2.17 bits per heavy atom. The van der Waals surface area contributed by atoms with E-state index in [0.29, 0.717) is 0 Å². The molecule has 3 heteroatoms. The van der Waals surface area contributed by atoms with Crippen molar-refractivity contribution in [2.45, 2.75) is 0 Å². The first-order valence-corrected chi connectivity index (χ1v) is 2.01. The fourth-order valence-corrected chi connectivity index (χ4v) is 0.262. The number of hydrogen-bond donors (Lipinski definition) is 0. The van der Waals surface area contributed by atoms with E-state index in [-0.39, 0.29) is 0 Å². The fraction of sp³-hybridized carbons (Fsp3) is 0.667. The predicted octanol–water partition coefficient (Wildman–Crippen LogP) is 0.730. The van der Waals surface area contributed by atoms with Crippen LogP contribution < -0.4 is 0 Å². The molecule has 0 aliphatic heterocycles. The third-order valence-corrected chi connectivity index (χ3v) is 0.362. The maximum Gasteiger partial charge on any atom is 0.113 e. The third kappa shape index (κ3) is 3.76. The molecule has 0 heterocycles. The summed E-state index contributed by atoms with van der Waals surface area (Å²) in [6.07, 6.45) is 0. The summed E-state index contributed by atoms with van der Waals surface area (Å²) in [4.78, 5) is 0. The lowest BCUT2D eigenvalue weighted by molar-refractivity contribution is 0.441. The summed E-state index contributed by atoms with van der Waals surface area (Å²) in [7, 11) is 3.61. The van der Waals surface area contributed by atoms with Gasteiger partial charge in [-0.1, -0.05) is 11.6 Å². The number of hydrogen-bond acceptors (Lipinski definition) is 2. The molecule has 0 aliphatic carbocycles. The Bertz CT molecular complexity index is 50.8. The molecule has 0 saturated heterocycles. The van der Waals surface area contributed by atoms with E-state index in [1.807, 2.05) is 0 Å². The smallest absolute Gasteiger partial charge is 0.113 e. The van der Waals surface area contributed by atoms with Gasteiger partial charge in [0.25, 0.3) is 0 Å². The van der Waals surface area contributed by atoms with Crippen LogP contribution in [-0.4, -0.2) is 24.8 Å². The summed E-state index contributed by atoms with van der Waals surface area (Å²) in [6, 6.07) is 0. The zero-order chi connectivity index (χ0) is 4.99. The van der Waals surface area contributed by atoms with Crippen LogP contribution in [0.4, 0.5) is 0 Å². The van der Waals surface area contributed by atoms with Crippen molar-refractivity contribution in [2.75, 3.05) is 14.1 Å². The monoisotopic (exact) mass is 106 g/mol. The van der Waals surface area contributed by atoms with E-state index in [1.54, 1.807) is 19.1 Å². The first-order chi connectivity index (χ1) is 2.77. The van der Waals surface area contributed by atoms with Gasteiger partial charge < -0.3 is 5.01 Å². The molecule has 0 spiro atoms. The van der Waals surface area contributed by atoms with E-state index < -0.39 is 0 Å². The number of hydrazone groups is 1. The fourth-order valence-electron chi connectivity index (χ4n) is 0.0873. The van der Waals surface area contributed by atoms with Crippen molar-refractivity contribution in [2.24, 2.45) is 5.10 Å². The van der Waals surface area contributed by atoms with Gasteiger partial charge in [0.15, 0.2) is 0 Å². The second kappa shape index (κ2) is 2.97. The molecule has 0 atom stereocenters. The highest BCUT2D eigenvalue weighted by molar-refractivity contribution is 6.56. The molecule has 36 valence electrons. The lowest BCUT2D eigenvalue weighted by Gasteiger charge is -1.98. The summed E-state index contributed by atoms with van der Waals surface area (Å²) < 4.78 is 0. The molecule has 0 bridgehead atoms. The van der Waals surface area contributed by atoms with E-state index in [9.17, 15) is 0 Å². The van der Waals surface area contributed by atoms with Crippen molar-refractivity contribution < 1.29 is 0 Å². The molecule has 0 aliphatic rings. The van der Waals surface area contributed by atoms with Crippen LogP contribution in [0.15, 0.2) is 5.10 Å². The second-order valence-corrected chi connectivity index (χ2v) is 1.26. The molecule has 0 aromatic rings. The lowest BCUT2D eigenvalue weighted by Crippen LogP contribution is -1.99. The quantitative estimate of drug-likeness (QED) is 0.356. The molecule has 2 nitrogen and oxygen atoms in total. The summed E-state index contributed by atoms with van der Waals surface area (Å²) in [5, 5.41) is 5.22. The van der Waals surface area contributed by atoms with E-state index in [1.165, 1.54) is 5.67 Å². The Balaban J connectivity index is 3.03. The summed E-state index contributed by atoms with van der Waals surface area (Å²) in [6.45, 7) is 0. The topological polar surface area (TPSA) is 15.6 Å². The van der Waals surface area contributed by atoms with E-state index in [2.05, 4.69) is 5.10 Å². The van der Waals surface area contributed by atoms with Gasteiger partial charge >= 0.3 is 0 Å². The number of rotatable bonds is 1. The first kappa shape index (κ1) is 5.76. The molecule has 0 aromatic carbocycles. The highest BCUT2D eigenvalue weighted by Gasteiger charge is 1.67. The summed E-state index contributed by atoms with van der Waals surface area (Å²) in [5.41, 5.74) is 1.22. The lowest BCUT2D eigenvalue weighted by atomic mass is 11.2. The van der Waals surface area contributed by atoms with E-state index >= 15 is 0 Å². The molecule has 6 heavy (non-hydrogen) atoms. The molecule has 0 amide bonds. The van der Waals surface area contributed by atoms with Gasteiger partial charge in [-0.2, -0.15) is 5.10 Å². The summed E-state index contributed by atoms with van der Waals surface area (Å²) in [5.74, 6) is 0. The average molecular weight is 107 g/mol. The van der Waals surface area contributed by atoms with Crippen LogP contribution in [0.2, 0.25) is 0 Å². The summed E-state index contributed by atoms with van der Waals surface area (Å²) >= 11 is 5.06. The van der Waals surface area contributed by atoms with Crippen LogP contribution in [0.1, 0.15) is 0 Å². The van der Waals surface area contributed by atoms with Crippen molar-refractivity contribution in [1.82, 2.24) is 5.01 Å². The van der Waals surface area contributed by atoms with Crippen LogP contribution in [0.5, 0.6) is 0 Å². The van der Waals surface area contributed by atoms with Crippen LogP contribution in [-0.2, 0) is 0 Å². The Hall–Kier alpha value is -0.240. The normalized spacial score (nSPS) is 9.83. The highest BCUT2D eigenvalue weighted by atomic mass is 35.5. The molecule has 0 aromatic heterocycles. The highest BCUT2D eigenvalue weighted by Crippen LogP contribution is 1.71. The molecular formula is C3H7ClN2. The van der Waals surface area contributed by atoms with Crippen molar-refractivity contribution in [3.8, 4) is 0 Å². The number of nitrogens with zero attached hydrogens (tertiary/aromatic N) is 2. The van der Waals surface area contributed by atoms with Gasteiger partial charge in [0.05, 0.1) is 0 Å². The zero-order valence-electron chi connectivity index (χ0n) is 3.85. The minimum Gasteiger partial charge on any atom is -0.302 e. The third-order valence-electron chi connectivity index (χ3n) is 0.275. The maximum atomic E-state index is 5.06. The van der Waals surface area contributed by atoms with Gasteiger partial charge in [0.2, 0.25) is 0 Å². The zero-order valence-corrected chi connectivity index (χ0v) is 4.61. The van der Waals surface area contributed by atoms with Gasteiger partial charge in [0.1, 0.15) is 5.67 Å². The second-order valence-electron chi connectivity index (χ2n) is 1.06. The molecule has 0 unspecified atom stereocenters. The van der Waals surface area contributed by atoms with Crippen molar-refractivity contribution in [1.29, 1.82) is 0 Å². The van der Waals surface area contributed by atoms with Crippen LogP contribution in [0.3, 0.4) is 0 Å².